The van der Waals surface area contributed by atoms with Crippen molar-refractivity contribution in [3.8, 4) is 0 Å². The second-order valence-corrected chi connectivity index (χ2v) is 10.00. The highest BCUT2D eigenvalue weighted by molar-refractivity contribution is 6.36. The molecule has 2 amide bonds. The van der Waals surface area contributed by atoms with Crippen LogP contribution in [0.2, 0.25) is 10.0 Å². The summed E-state index contributed by atoms with van der Waals surface area (Å²) in [6.07, 6.45) is 0. The van der Waals surface area contributed by atoms with Crippen molar-refractivity contribution >= 4 is 64.2 Å². The number of rotatable bonds is 9. The largest absolute Gasteiger partial charge is 0.454 e. The summed E-state index contributed by atoms with van der Waals surface area (Å²) in [5, 5.41) is 0.409. The molecule has 9 nitrogen and oxygen atoms in total. The molecule has 0 N–H and O–H groups in total. The number of ketones is 2. The van der Waals surface area contributed by atoms with Crippen LogP contribution in [0.1, 0.15) is 62.1 Å². The molecule has 1 aliphatic heterocycles. The number of carbonyl (C=O) groups is 6. The number of esters is 2. The maximum atomic E-state index is 13.4. The standard InChI is InChI=1S/C32H19Cl2NO8/c33-24-10-4-1-7-20(24)27(36)16-42-31(40)18-13-14-19-23(15-18)30(39)35(29(19)38)26-12-6-3-9-22(26)32(41)43-17-28(37)21-8-2-5-11-25(21)34/h1-15H,16-17H2. The van der Waals surface area contributed by atoms with Gasteiger partial charge in [-0.05, 0) is 54.6 Å². The summed E-state index contributed by atoms with van der Waals surface area (Å²) in [6, 6.07) is 22.1. The summed E-state index contributed by atoms with van der Waals surface area (Å²) in [4.78, 5) is 78.0. The quantitative estimate of drug-likeness (QED) is 0.130. The number of hydrogen-bond acceptors (Lipinski definition) is 8. The fraction of sp³-hybridized carbons (Fsp3) is 0.0625. The maximum absolute atomic E-state index is 13.4. The molecule has 4 aromatic rings. The third kappa shape index (κ3) is 5.94. The average Bonchev–Trinajstić information content (AvgIpc) is 3.27. The molecule has 4 aromatic carbocycles. The van der Waals surface area contributed by atoms with Crippen molar-refractivity contribution in [2.45, 2.75) is 0 Å². The van der Waals surface area contributed by atoms with Gasteiger partial charge in [0, 0.05) is 11.1 Å². The number of ether oxygens (including phenoxy) is 2. The van der Waals surface area contributed by atoms with Crippen molar-refractivity contribution < 1.29 is 38.2 Å². The van der Waals surface area contributed by atoms with Crippen molar-refractivity contribution in [1.82, 2.24) is 0 Å². The van der Waals surface area contributed by atoms with Gasteiger partial charge in [-0.1, -0.05) is 59.6 Å². The lowest BCUT2D eigenvalue weighted by molar-refractivity contribution is 0.0472. The number of carbonyl (C=O) groups excluding carboxylic acids is 6. The van der Waals surface area contributed by atoms with Gasteiger partial charge in [-0.15, -0.1) is 0 Å². The Bertz CT molecular complexity index is 1830. The molecular weight excluding hydrogens is 597 g/mol. The van der Waals surface area contributed by atoms with Crippen molar-refractivity contribution in [1.29, 1.82) is 0 Å². The molecule has 1 aliphatic rings. The topological polar surface area (TPSA) is 124 Å². The number of anilines is 1. The predicted molar refractivity (Wildman–Crippen MR) is 156 cm³/mol. The molecule has 0 unspecified atom stereocenters. The fourth-order valence-corrected chi connectivity index (χ4v) is 4.86. The zero-order valence-electron chi connectivity index (χ0n) is 22.0. The predicted octanol–water partition coefficient (Wildman–Crippen LogP) is 5.87. The number of benzene rings is 4. The van der Waals surface area contributed by atoms with Gasteiger partial charge < -0.3 is 9.47 Å². The third-order valence-electron chi connectivity index (χ3n) is 6.50. The molecule has 5 rings (SSSR count). The summed E-state index contributed by atoms with van der Waals surface area (Å²) >= 11 is 12.1. The van der Waals surface area contributed by atoms with Gasteiger partial charge in [0.15, 0.2) is 13.2 Å². The summed E-state index contributed by atoms with van der Waals surface area (Å²) in [6.45, 7) is -1.21. The number of para-hydroxylation sites is 1. The van der Waals surface area contributed by atoms with E-state index < -0.39 is 48.5 Å². The smallest absolute Gasteiger partial charge is 0.340 e. The highest BCUT2D eigenvalue weighted by Gasteiger charge is 2.39. The van der Waals surface area contributed by atoms with E-state index in [-0.39, 0.29) is 49.1 Å². The third-order valence-corrected chi connectivity index (χ3v) is 7.16. The van der Waals surface area contributed by atoms with Crippen LogP contribution in [0.3, 0.4) is 0 Å². The number of Topliss-reactive ketones (excluding diaryl/α,β-unsaturated/α-hetero) is 2. The molecule has 0 fully saturated rings. The summed E-state index contributed by atoms with van der Waals surface area (Å²) in [5.74, 6) is -4.43. The highest BCUT2D eigenvalue weighted by atomic mass is 35.5. The van der Waals surface area contributed by atoms with Gasteiger partial charge in [-0.3, -0.25) is 19.2 Å². The molecule has 0 aliphatic carbocycles. The van der Waals surface area contributed by atoms with Crippen LogP contribution < -0.4 is 4.90 Å². The molecule has 0 atom stereocenters. The fourth-order valence-electron chi connectivity index (χ4n) is 4.38. The minimum atomic E-state index is -0.944. The molecule has 43 heavy (non-hydrogen) atoms. The molecule has 0 saturated carbocycles. The lowest BCUT2D eigenvalue weighted by Crippen LogP contribution is -2.31. The zero-order chi connectivity index (χ0) is 30.7. The SMILES string of the molecule is O=C(OCC(=O)c1ccccc1Cl)c1ccc2c(c1)C(=O)N(c1ccccc1C(=O)OCC(=O)c1ccccc1Cl)C2=O. The number of imide groups is 1. The lowest BCUT2D eigenvalue weighted by Gasteiger charge is -2.17. The summed E-state index contributed by atoms with van der Waals surface area (Å²) in [5.41, 5.74) is -0.0276. The highest BCUT2D eigenvalue weighted by Crippen LogP contribution is 2.32. The molecule has 11 heteroatoms. The van der Waals surface area contributed by atoms with E-state index in [2.05, 4.69) is 0 Å². The van der Waals surface area contributed by atoms with Gasteiger partial charge in [0.05, 0.1) is 38.0 Å². The lowest BCUT2D eigenvalue weighted by atomic mass is 10.1. The normalized spacial score (nSPS) is 12.1. The van der Waals surface area contributed by atoms with E-state index in [1.807, 2.05) is 0 Å². The number of amides is 2. The summed E-state index contributed by atoms with van der Waals surface area (Å²) in [7, 11) is 0. The van der Waals surface area contributed by atoms with Crippen LogP contribution in [0.25, 0.3) is 0 Å². The first-order chi connectivity index (χ1) is 20.7. The Morgan fingerprint density at radius 1 is 0.581 bits per heavy atom. The van der Waals surface area contributed by atoms with Crippen LogP contribution >= 0.6 is 23.2 Å². The minimum Gasteiger partial charge on any atom is -0.454 e. The average molecular weight is 616 g/mol. The van der Waals surface area contributed by atoms with E-state index in [1.54, 1.807) is 24.3 Å². The summed E-state index contributed by atoms with van der Waals surface area (Å²) < 4.78 is 10.3. The Labute approximate surface area is 254 Å². The molecule has 214 valence electrons. The first-order valence-corrected chi connectivity index (χ1v) is 13.4. The van der Waals surface area contributed by atoms with Gasteiger partial charge in [-0.2, -0.15) is 0 Å². The minimum absolute atomic E-state index is 0.00855. The van der Waals surface area contributed by atoms with Crippen LogP contribution in [0.15, 0.2) is 91.0 Å². The van der Waals surface area contributed by atoms with E-state index in [1.165, 1.54) is 66.7 Å². The zero-order valence-corrected chi connectivity index (χ0v) is 23.6. The van der Waals surface area contributed by atoms with Crippen LogP contribution in [-0.2, 0) is 9.47 Å². The van der Waals surface area contributed by atoms with Gasteiger partial charge in [0.25, 0.3) is 11.8 Å². The molecule has 0 radical (unpaired) electrons. The second-order valence-electron chi connectivity index (χ2n) is 9.18. The second kappa shape index (κ2) is 12.4. The van der Waals surface area contributed by atoms with E-state index in [4.69, 9.17) is 32.7 Å². The number of hydrogen-bond donors (Lipinski definition) is 0. The van der Waals surface area contributed by atoms with Crippen LogP contribution in [0.5, 0.6) is 0 Å². The van der Waals surface area contributed by atoms with E-state index in [0.717, 1.165) is 4.90 Å². The molecule has 0 aromatic heterocycles. The van der Waals surface area contributed by atoms with Gasteiger partial charge in [-0.25, -0.2) is 14.5 Å². The molecule has 1 heterocycles. The van der Waals surface area contributed by atoms with E-state index in [0.29, 0.717) is 0 Å². The van der Waals surface area contributed by atoms with Gasteiger partial charge >= 0.3 is 11.9 Å². The number of nitrogens with zero attached hydrogens (tertiary/aromatic N) is 1. The van der Waals surface area contributed by atoms with E-state index in [9.17, 15) is 28.8 Å². The monoisotopic (exact) mass is 615 g/mol. The Morgan fingerprint density at radius 3 is 1.65 bits per heavy atom. The van der Waals surface area contributed by atoms with Crippen molar-refractivity contribution in [2.75, 3.05) is 18.1 Å². The van der Waals surface area contributed by atoms with Gasteiger partial charge in [0.2, 0.25) is 11.6 Å². The Balaban J connectivity index is 1.31. The molecule has 0 bridgehead atoms. The van der Waals surface area contributed by atoms with Gasteiger partial charge in [0.1, 0.15) is 0 Å². The Kier molecular flexibility index (Phi) is 8.47. The van der Waals surface area contributed by atoms with Crippen molar-refractivity contribution in [3.63, 3.8) is 0 Å². The molecule has 0 saturated heterocycles. The molecule has 0 spiro atoms. The van der Waals surface area contributed by atoms with Crippen LogP contribution in [0.4, 0.5) is 5.69 Å². The van der Waals surface area contributed by atoms with Crippen molar-refractivity contribution in [3.05, 3.63) is 134 Å². The van der Waals surface area contributed by atoms with E-state index >= 15 is 0 Å². The van der Waals surface area contributed by atoms with Crippen molar-refractivity contribution in [2.24, 2.45) is 0 Å². The maximum Gasteiger partial charge on any atom is 0.340 e. The Hall–Kier alpha value is -5.12. The number of fused-ring (bicyclic) bond motifs is 1. The number of halogens is 2. The van der Waals surface area contributed by atoms with Crippen LogP contribution in [-0.4, -0.2) is 48.5 Å². The molecular formula is C32H19Cl2NO8. The Morgan fingerprint density at radius 2 is 1.07 bits per heavy atom. The first-order valence-electron chi connectivity index (χ1n) is 12.7. The van der Waals surface area contributed by atoms with Crippen LogP contribution in [0, 0.1) is 0 Å². The first kappa shape index (κ1) is 29.4.